The second-order valence-corrected chi connectivity index (χ2v) is 4.28. The minimum absolute atomic E-state index is 0.200. The lowest BCUT2D eigenvalue weighted by atomic mass is 10.2. The molecule has 2 aromatic heterocycles. The van der Waals surface area contributed by atoms with Crippen molar-refractivity contribution in [1.82, 2.24) is 19.8 Å². The van der Waals surface area contributed by atoms with Gasteiger partial charge in [-0.2, -0.15) is 5.10 Å². The number of aromatic nitrogens is 3. The summed E-state index contributed by atoms with van der Waals surface area (Å²) in [6.07, 6.45) is 5.41. The molecule has 0 unspecified atom stereocenters. The highest BCUT2D eigenvalue weighted by atomic mass is 16.7. The Bertz CT molecular complexity index is 562. The summed E-state index contributed by atoms with van der Waals surface area (Å²) < 4.78 is 1.62. The summed E-state index contributed by atoms with van der Waals surface area (Å²) in [5.74, 6) is 0.418. The van der Waals surface area contributed by atoms with E-state index in [9.17, 15) is 4.79 Å². The highest BCUT2D eigenvalue weighted by Gasteiger charge is 2.20. The van der Waals surface area contributed by atoms with Gasteiger partial charge >= 0.3 is 0 Å². The van der Waals surface area contributed by atoms with E-state index in [-0.39, 0.29) is 5.91 Å². The van der Waals surface area contributed by atoms with Crippen molar-refractivity contribution in [3.8, 4) is 5.82 Å². The van der Waals surface area contributed by atoms with Gasteiger partial charge in [0.25, 0.3) is 5.91 Å². The third-order valence-electron chi connectivity index (χ3n) is 2.92. The number of hydrogen-bond donors (Lipinski definition) is 0. The third-order valence-corrected chi connectivity index (χ3v) is 2.92. The zero-order chi connectivity index (χ0) is 13.1. The molecule has 1 saturated heterocycles. The molecule has 0 aromatic carbocycles. The highest BCUT2D eigenvalue weighted by molar-refractivity contribution is 5.91. The lowest BCUT2D eigenvalue weighted by molar-refractivity contribution is -0.144. The summed E-state index contributed by atoms with van der Waals surface area (Å²) in [7, 11) is 0. The normalized spacial score (nSPS) is 15.5. The molecule has 0 N–H and O–H groups in total. The molecule has 0 spiro atoms. The molecule has 6 nitrogen and oxygen atoms in total. The van der Waals surface area contributed by atoms with E-state index in [1.807, 2.05) is 6.07 Å². The zero-order valence-corrected chi connectivity index (χ0v) is 10.4. The summed E-state index contributed by atoms with van der Waals surface area (Å²) in [4.78, 5) is 21.9. The molecule has 1 aliphatic rings. The monoisotopic (exact) mass is 258 g/mol. The Morgan fingerprint density at radius 2 is 2.21 bits per heavy atom. The number of hydroxylamine groups is 2. The van der Waals surface area contributed by atoms with E-state index in [1.54, 1.807) is 35.3 Å². The number of amides is 1. The van der Waals surface area contributed by atoms with Crippen molar-refractivity contribution in [2.24, 2.45) is 0 Å². The molecule has 19 heavy (non-hydrogen) atoms. The number of carbonyl (C=O) groups is 1. The van der Waals surface area contributed by atoms with Gasteiger partial charge in [0.1, 0.15) is 5.69 Å². The second kappa shape index (κ2) is 5.19. The van der Waals surface area contributed by atoms with E-state index in [2.05, 4.69) is 10.1 Å². The summed E-state index contributed by atoms with van der Waals surface area (Å²) in [5, 5.41) is 5.49. The molecular formula is C13H14N4O2. The summed E-state index contributed by atoms with van der Waals surface area (Å²) in [6.45, 7) is 1.21. The second-order valence-electron chi connectivity index (χ2n) is 4.28. The van der Waals surface area contributed by atoms with Crippen LogP contribution in [0.5, 0.6) is 0 Å². The smallest absolute Gasteiger partial charge is 0.271 e. The van der Waals surface area contributed by atoms with Crippen molar-refractivity contribution < 1.29 is 9.63 Å². The summed E-state index contributed by atoms with van der Waals surface area (Å²) in [6, 6.07) is 7.10. The molecule has 0 atom stereocenters. The highest BCUT2D eigenvalue weighted by Crippen LogP contribution is 2.11. The fourth-order valence-corrected chi connectivity index (χ4v) is 1.96. The van der Waals surface area contributed by atoms with E-state index >= 15 is 0 Å². The standard InChI is InChI=1S/C13H14N4O2/c18-13(17-9-1-2-10-19-17)11-5-3-6-12(15-11)16-8-4-7-14-16/h3-8H,1-2,9-10H2. The predicted molar refractivity (Wildman–Crippen MR) is 67.6 cm³/mol. The molecular weight excluding hydrogens is 244 g/mol. The maximum atomic E-state index is 12.2. The first kappa shape index (κ1) is 11.9. The molecule has 0 radical (unpaired) electrons. The first-order valence-corrected chi connectivity index (χ1v) is 6.26. The van der Waals surface area contributed by atoms with E-state index in [1.165, 1.54) is 5.06 Å². The Hall–Kier alpha value is -2.21. The molecule has 0 saturated carbocycles. The van der Waals surface area contributed by atoms with Crippen LogP contribution in [0.2, 0.25) is 0 Å². The van der Waals surface area contributed by atoms with E-state index in [0.717, 1.165) is 12.8 Å². The number of nitrogens with zero attached hydrogens (tertiary/aromatic N) is 4. The topological polar surface area (TPSA) is 60.2 Å². The van der Waals surface area contributed by atoms with Crippen molar-refractivity contribution >= 4 is 5.91 Å². The lowest BCUT2D eigenvalue weighted by Gasteiger charge is -2.25. The number of rotatable bonds is 2. The molecule has 6 heteroatoms. The van der Waals surface area contributed by atoms with Gasteiger partial charge in [-0.15, -0.1) is 0 Å². The molecule has 2 aromatic rings. The average molecular weight is 258 g/mol. The maximum Gasteiger partial charge on any atom is 0.296 e. The quantitative estimate of drug-likeness (QED) is 0.817. The van der Waals surface area contributed by atoms with Gasteiger partial charge in [-0.1, -0.05) is 6.07 Å². The van der Waals surface area contributed by atoms with Crippen LogP contribution in [0.15, 0.2) is 36.7 Å². The minimum atomic E-state index is -0.200. The SMILES string of the molecule is O=C(c1cccc(-n2cccn2)n1)N1CCCCO1. The Kier molecular flexibility index (Phi) is 3.24. The van der Waals surface area contributed by atoms with Crippen LogP contribution in [0.1, 0.15) is 23.3 Å². The lowest BCUT2D eigenvalue weighted by Crippen LogP contribution is -2.36. The summed E-state index contributed by atoms with van der Waals surface area (Å²) in [5.41, 5.74) is 0.370. The molecule has 0 aliphatic carbocycles. The van der Waals surface area contributed by atoms with Crippen molar-refractivity contribution in [3.63, 3.8) is 0 Å². The van der Waals surface area contributed by atoms with Crippen LogP contribution < -0.4 is 0 Å². The van der Waals surface area contributed by atoms with Crippen molar-refractivity contribution in [1.29, 1.82) is 0 Å². The van der Waals surface area contributed by atoms with Crippen LogP contribution in [0.3, 0.4) is 0 Å². The molecule has 98 valence electrons. The fraction of sp³-hybridized carbons (Fsp3) is 0.308. The van der Waals surface area contributed by atoms with Gasteiger partial charge in [-0.05, 0) is 31.0 Å². The van der Waals surface area contributed by atoms with Gasteiger partial charge in [0, 0.05) is 18.9 Å². The Morgan fingerprint density at radius 1 is 1.26 bits per heavy atom. The van der Waals surface area contributed by atoms with Crippen LogP contribution in [-0.4, -0.2) is 38.9 Å². The van der Waals surface area contributed by atoms with E-state index < -0.39 is 0 Å². The first-order chi connectivity index (χ1) is 9.34. The molecule has 1 amide bonds. The molecule has 0 bridgehead atoms. The zero-order valence-electron chi connectivity index (χ0n) is 10.4. The Balaban J connectivity index is 1.84. The van der Waals surface area contributed by atoms with Gasteiger partial charge in [0.2, 0.25) is 0 Å². The maximum absolute atomic E-state index is 12.2. The Labute approximate surface area is 110 Å². The molecule has 1 aliphatic heterocycles. The largest absolute Gasteiger partial charge is 0.296 e. The van der Waals surface area contributed by atoms with Crippen LogP contribution in [0.25, 0.3) is 5.82 Å². The van der Waals surface area contributed by atoms with Crippen LogP contribution in [-0.2, 0) is 4.84 Å². The van der Waals surface area contributed by atoms with Crippen molar-refractivity contribution in [3.05, 3.63) is 42.4 Å². The fourth-order valence-electron chi connectivity index (χ4n) is 1.96. The molecule has 3 rings (SSSR count). The number of carbonyl (C=O) groups excluding carboxylic acids is 1. The third kappa shape index (κ3) is 2.48. The minimum Gasteiger partial charge on any atom is -0.271 e. The van der Waals surface area contributed by atoms with Crippen LogP contribution in [0.4, 0.5) is 0 Å². The van der Waals surface area contributed by atoms with Gasteiger partial charge in [0.05, 0.1) is 6.61 Å². The number of hydrogen-bond acceptors (Lipinski definition) is 4. The first-order valence-electron chi connectivity index (χ1n) is 6.26. The molecule has 1 fully saturated rings. The van der Waals surface area contributed by atoms with Crippen molar-refractivity contribution in [2.45, 2.75) is 12.8 Å². The van der Waals surface area contributed by atoms with Crippen LogP contribution >= 0.6 is 0 Å². The van der Waals surface area contributed by atoms with Gasteiger partial charge < -0.3 is 0 Å². The van der Waals surface area contributed by atoms with E-state index in [4.69, 9.17) is 4.84 Å². The average Bonchev–Trinajstić information content (AvgIpc) is 3.02. The van der Waals surface area contributed by atoms with Gasteiger partial charge in [0.15, 0.2) is 5.82 Å². The van der Waals surface area contributed by atoms with Crippen LogP contribution in [0, 0.1) is 0 Å². The van der Waals surface area contributed by atoms with Gasteiger partial charge in [-0.25, -0.2) is 14.7 Å². The van der Waals surface area contributed by atoms with E-state index in [0.29, 0.717) is 24.7 Å². The predicted octanol–water partition coefficient (Wildman–Crippen LogP) is 1.43. The number of pyridine rings is 1. The summed E-state index contributed by atoms with van der Waals surface area (Å²) >= 11 is 0. The Morgan fingerprint density at radius 3 is 2.95 bits per heavy atom. The van der Waals surface area contributed by atoms with Gasteiger partial charge in [-0.3, -0.25) is 9.63 Å². The van der Waals surface area contributed by atoms with Crippen molar-refractivity contribution in [2.75, 3.05) is 13.2 Å². The molecule has 3 heterocycles.